The smallest absolute Gasteiger partial charge is 0.183 e. The van der Waals surface area contributed by atoms with E-state index < -0.39 is 11.6 Å². The summed E-state index contributed by atoms with van der Waals surface area (Å²) < 4.78 is 33.9. The Morgan fingerprint density at radius 2 is 1.90 bits per heavy atom. The quantitative estimate of drug-likeness (QED) is 0.768. The molecule has 2 nitrogen and oxygen atoms in total. The summed E-state index contributed by atoms with van der Waals surface area (Å²) in [4.78, 5) is 0. The molecule has 0 amide bonds. The Morgan fingerprint density at radius 3 is 2.45 bits per heavy atom. The van der Waals surface area contributed by atoms with E-state index in [2.05, 4.69) is 37.2 Å². The molecule has 1 N–H and O–H groups in total. The molecule has 1 aromatic heterocycles. The molecule has 20 heavy (non-hydrogen) atoms. The fourth-order valence-electron chi connectivity index (χ4n) is 1.86. The van der Waals surface area contributed by atoms with Gasteiger partial charge in [-0.25, -0.2) is 8.78 Å². The van der Waals surface area contributed by atoms with Gasteiger partial charge in [-0.15, -0.1) is 0 Å². The number of benzene rings is 1. The fraction of sp³-hybridized carbons (Fsp3) is 0.286. The SMILES string of the molecule is CC(Cc1c(F)cccc1F)NCc1cc(Br)c(Br)o1. The highest BCUT2D eigenvalue weighted by molar-refractivity contribution is 9.13. The van der Waals surface area contributed by atoms with Crippen LogP contribution in [0, 0.1) is 11.6 Å². The van der Waals surface area contributed by atoms with E-state index in [0.717, 1.165) is 10.2 Å². The highest BCUT2D eigenvalue weighted by Gasteiger charge is 2.13. The number of rotatable bonds is 5. The molecule has 0 saturated carbocycles. The lowest BCUT2D eigenvalue weighted by Crippen LogP contribution is -2.28. The maximum Gasteiger partial charge on any atom is 0.183 e. The van der Waals surface area contributed by atoms with E-state index in [-0.39, 0.29) is 18.0 Å². The van der Waals surface area contributed by atoms with Crippen LogP contribution in [-0.2, 0) is 13.0 Å². The Balaban J connectivity index is 1.94. The molecule has 0 aliphatic carbocycles. The maximum absolute atomic E-state index is 13.5. The minimum atomic E-state index is -0.512. The van der Waals surface area contributed by atoms with E-state index in [9.17, 15) is 8.78 Å². The molecule has 0 bridgehead atoms. The van der Waals surface area contributed by atoms with Gasteiger partial charge < -0.3 is 9.73 Å². The van der Waals surface area contributed by atoms with E-state index in [1.54, 1.807) is 0 Å². The third-order valence-electron chi connectivity index (χ3n) is 2.89. The van der Waals surface area contributed by atoms with Gasteiger partial charge >= 0.3 is 0 Å². The summed E-state index contributed by atoms with van der Waals surface area (Å²) in [6.07, 6.45) is 0.279. The summed E-state index contributed by atoms with van der Waals surface area (Å²) in [6, 6.07) is 5.67. The molecule has 1 unspecified atom stereocenters. The molecule has 0 spiro atoms. The Morgan fingerprint density at radius 1 is 1.25 bits per heavy atom. The summed E-state index contributed by atoms with van der Waals surface area (Å²) >= 11 is 6.58. The molecule has 1 atom stereocenters. The summed E-state index contributed by atoms with van der Waals surface area (Å²) in [5.41, 5.74) is 0.106. The second kappa shape index (κ2) is 6.83. The van der Waals surface area contributed by atoms with Crippen molar-refractivity contribution in [3.63, 3.8) is 0 Å². The van der Waals surface area contributed by atoms with Crippen molar-refractivity contribution in [1.29, 1.82) is 0 Å². The second-order valence-corrected chi connectivity index (χ2v) is 6.10. The Kier molecular flexibility index (Phi) is 5.35. The summed E-state index contributed by atoms with van der Waals surface area (Å²) in [5, 5.41) is 3.17. The first-order chi connectivity index (χ1) is 9.47. The zero-order valence-corrected chi connectivity index (χ0v) is 13.9. The van der Waals surface area contributed by atoms with Crippen LogP contribution in [0.4, 0.5) is 8.78 Å². The molecule has 0 fully saturated rings. The van der Waals surface area contributed by atoms with Crippen molar-refractivity contribution in [2.45, 2.75) is 25.9 Å². The summed E-state index contributed by atoms with van der Waals surface area (Å²) in [7, 11) is 0. The molecule has 0 aliphatic heterocycles. The number of hydrogen-bond acceptors (Lipinski definition) is 2. The van der Waals surface area contributed by atoms with E-state index in [4.69, 9.17) is 4.42 Å². The van der Waals surface area contributed by atoms with Gasteiger partial charge in [0.2, 0.25) is 0 Å². The zero-order valence-electron chi connectivity index (χ0n) is 10.7. The van der Waals surface area contributed by atoms with Crippen molar-refractivity contribution in [2.24, 2.45) is 0 Å². The van der Waals surface area contributed by atoms with Crippen LogP contribution in [0.25, 0.3) is 0 Å². The van der Waals surface area contributed by atoms with Crippen molar-refractivity contribution in [3.8, 4) is 0 Å². The monoisotopic (exact) mass is 407 g/mol. The average molecular weight is 409 g/mol. The largest absolute Gasteiger partial charge is 0.452 e. The van der Waals surface area contributed by atoms with Crippen LogP contribution in [-0.4, -0.2) is 6.04 Å². The van der Waals surface area contributed by atoms with Crippen LogP contribution in [0.2, 0.25) is 0 Å². The second-order valence-electron chi connectivity index (χ2n) is 4.52. The number of hydrogen-bond donors (Lipinski definition) is 1. The molecular formula is C14H13Br2F2NO. The lowest BCUT2D eigenvalue weighted by molar-refractivity contribution is 0.435. The third-order valence-corrected chi connectivity index (χ3v) is 4.60. The number of furan rings is 1. The molecule has 6 heteroatoms. The Labute approximate surface area is 132 Å². The van der Waals surface area contributed by atoms with Crippen molar-refractivity contribution in [1.82, 2.24) is 5.32 Å². The van der Waals surface area contributed by atoms with E-state index in [1.165, 1.54) is 18.2 Å². The molecular weight excluding hydrogens is 396 g/mol. The van der Waals surface area contributed by atoms with Gasteiger partial charge in [0.15, 0.2) is 4.67 Å². The Hall–Kier alpha value is -0.720. The van der Waals surface area contributed by atoms with E-state index >= 15 is 0 Å². The van der Waals surface area contributed by atoms with Crippen LogP contribution in [0.3, 0.4) is 0 Å². The first kappa shape index (κ1) is 15.7. The minimum absolute atomic E-state index is 0.0796. The van der Waals surface area contributed by atoms with Crippen LogP contribution in [0.1, 0.15) is 18.2 Å². The highest BCUT2D eigenvalue weighted by atomic mass is 79.9. The molecule has 1 aromatic carbocycles. The zero-order chi connectivity index (χ0) is 14.7. The topological polar surface area (TPSA) is 25.2 Å². The number of halogens is 4. The molecule has 1 heterocycles. The lowest BCUT2D eigenvalue weighted by atomic mass is 10.1. The van der Waals surface area contributed by atoms with Crippen molar-refractivity contribution in [3.05, 3.63) is 56.4 Å². The normalized spacial score (nSPS) is 12.7. The molecule has 0 radical (unpaired) electrons. The lowest BCUT2D eigenvalue weighted by Gasteiger charge is -2.14. The van der Waals surface area contributed by atoms with Gasteiger partial charge in [0.1, 0.15) is 17.4 Å². The first-order valence-corrected chi connectivity index (χ1v) is 7.66. The molecule has 108 valence electrons. The predicted molar refractivity (Wildman–Crippen MR) is 80.5 cm³/mol. The minimum Gasteiger partial charge on any atom is -0.452 e. The van der Waals surface area contributed by atoms with Gasteiger partial charge in [0.25, 0.3) is 0 Å². The van der Waals surface area contributed by atoms with Crippen LogP contribution < -0.4 is 5.32 Å². The average Bonchev–Trinajstić information content (AvgIpc) is 2.71. The van der Waals surface area contributed by atoms with Crippen molar-refractivity contribution in [2.75, 3.05) is 0 Å². The molecule has 2 aromatic rings. The van der Waals surface area contributed by atoms with Gasteiger partial charge in [0.05, 0.1) is 11.0 Å². The van der Waals surface area contributed by atoms with Crippen LogP contribution >= 0.6 is 31.9 Å². The predicted octanol–water partition coefficient (Wildman–Crippen LogP) is 4.80. The van der Waals surface area contributed by atoms with Crippen molar-refractivity contribution < 1.29 is 13.2 Å². The summed E-state index contributed by atoms with van der Waals surface area (Å²) in [5.74, 6) is -0.283. The fourth-order valence-corrected chi connectivity index (χ4v) is 2.52. The van der Waals surface area contributed by atoms with Gasteiger partial charge in [0, 0.05) is 11.6 Å². The van der Waals surface area contributed by atoms with E-state index in [1.807, 2.05) is 13.0 Å². The maximum atomic E-state index is 13.5. The highest BCUT2D eigenvalue weighted by Crippen LogP contribution is 2.26. The van der Waals surface area contributed by atoms with E-state index in [0.29, 0.717) is 11.2 Å². The third kappa shape index (κ3) is 3.90. The van der Waals surface area contributed by atoms with Gasteiger partial charge in [-0.1, -0.05) is 6.07 Å². The molecule has 2 rings (SSSR count). The first-order valence-electron chi connectivity index (χ1n) is 6.07. The van der Waals surface area contributed by atoms with Crippen molar-refractivity contribution >= 4 is 31.9 Å². The van der Waals surface area contributed by atoms with Crippen LogP contribution in [0.15, 0.2) is 37.8 Å². The standard InChI is InChI=1S/C14H13Br2F2NO/c1-8(5-10-12(17)3-2-4-13(10)18)19-7-9-6-11(15)14(16)20-9/h2-4,6,8,19H,5,7H2,1H3. The summed E-state index contributed by atoms with van der Waals surface area (Å²) in [6.45, 7) is 2.36. The molecule has 0 aliphatic rings. The van der Waals surface area contributed by atoms with Crippen LogP contribution in [0.5, 0.6) is 0 Å². The Bertz CT molecular complexity index is 561. The molecule has 0 saturated heterocycles. The van der Waals surface area contributed by atoms with Gasteiger partial charge in [-0.3, -0.25) is 0 Å². The van der Waals surface area contributed by atoms with Gasteiger partial charge in [-0.05, 0) is 63.4 Å². The number of nitrogens with one attached hydrogen (secondary N) is 1. The van der Waals surface area contributed by atoms with Gasteiger partial charge in [-0.2, -0.15) is 0 Å².